The zero-order chi connectivity index (χ0) is 18.5. The highest BCUT2D eigenvalue weighted by Gasteiger charge is 2.25. The summed E-state index contributed by atoms with van der Waals surface area (Å²) in [7, 11) is 0. The number of imidazole rings is 1. The zero-order valence-electron chi connectivity index (χ0n) is 16.4. The summed E-state index contributed by atoms with van der Waals surface area (Å²) in [5, 5.41) is 7.71. The number of aromatic nitrogens is 4. The summed E-state index contributed by atoms with van der Waals surface area (Å²) in [5.41, 5.74) is 2.73. The van der Waals surface area contributed by atoms with Gasteiger partial charge < -0.3 is 14.2 Å². The average molecular weight is 373 g/mol. The Morgan fingerprint density at radius 3 is 2.89 bits per heavy atom. The molecule has 2 saturated heterocycles. The maximum atomic E-state index is 5.47. The van der Waals surface area contributed by atoms with Gasteiger partial charge in [0.25, 0.3) is 0 Å². The van der Waals surface area contributed by atoms with Gasteiger partial charge in [-0.1, -0.05) is 0 Å². The molecular weight excluding hydrogens is 340 g/mol. The molecule has 0 saturated carbocycles. The fraction of sp³-hybridized carbons (Fsp3) is 0.700. The van der Waals surface area contributed by atoms with E-state index in [0.29, 0.717) is 5.92 Å². The number of hydrogen-bond acceptors (Lipinski definition) is 5. The Morgan fingerprint density at radius 1 is 1.19 bits per heavy atom. The molecule has 0 aliphatic carbocycles. The van der Waals surface area contributed by atoms with Gasteiger partial charge in [-0.25, -0.2) is 4.98 Å². The Kier molecular flexibility index (Phi) is 6.21. The number of hydrogen-bond donors (Lipinski definition) is 1. The van der Waals surface area contributed by atoms with Gasteiger partial charge in [-0.3, -0.25) is 10.00 Å². The monoisotopic (exact) mass is 372 g/mol. The second-order valence-corrected chi connectivity index (χ2v) is 7.86. The Hall–Kier alpha value is -1.70. The van der Waals surface area contributed by atoms with Gasteiger partial charge in [-0.05, 0) is 39.3 Å². The molecule has 2 fully saturated rings. The highest BCUT2D eigenvalue weighted by molar-refractivity contribution is 5.21. The van der Waals surface area contributed by atoms with Crippen LogP contribution in [0.5, 0.6) is 0 Å². The van der Waals surface area contributed by atoms with Crippen LogP contribution in [0.2, 0.25) is 0 Å². The molecule has 2 aliphatic heterocycles. The molecule has 0 unspecified atom stereocenters. The van der Waals surface area contributed by atoms with E-state index in [2.05, 4.69) is 42.7 Å². The van der Waals surface area contributed by atoms with Gasteiger partial charge in [0, 0.05) is 62.3 Å². The van der Waals surface area contributed by atoms with Crippen molar-refractivity contribution in [2.75, 3.05) is 45.9 Å². The maximum Gasteiger partial charge on any atom is 0.105 e. The molecule has 0 radical (unpaired) electrons. The summed E-state index contributed by atoms with van der Waals surface area (Å²) in [6.45, 7) is 11.4. The molecule has 27 heavy (non-hydrogen) atoms. The molecule has 4 heterocycles. The number of nitrogens with one attached hydrogen (secondary N) is 1. The minimum absolute atomic E-state index is 0.576. The van der Waals surface area contributed by atoms with Crippen LogP contribution in [0.15, 0.2) is 18.6 Å². The summed E-state index contributed by atoms with van der Waals surface area (Å²) in [6.07, 6.45) is 9.71. The second-order valence-electron chi connectivity index (χ2n) is 7.86. The van der Waals surface area contributed by atoms with E-state index in [1.807, 2.05) is 12.4 Å². The van der Waals surface area contributed by atoms with Gasteiger partial charge in [-0.2, -0.15) is 5.10 Å². The maximum absolute atomic E-state index is 5.47. The molecule has 2 aliphatic rings. The van der Waals surface area contributed by atoms with Crippen LogP contribution in [0.25, 0.3) is 0 Å². The quantitative estimate of drug-likeness (QED) is 0.806. The van der Waals surface area contributed by atoms with Crippen molar-refractivity contribution in [1.29, 1.82) is 0 Å². The molecular formula is C20H32N6O. The van der Waals surface area contributed by atoms with Crippen LogP contribution >= 0.6 is 0 Å². The van der Waals surface area contributed by atoms with Gasteiger partial charge in [0.2, 0.25) is 0 Å². The van der Waals surface area contributed by atoms with Crippen LogP contribution in [-0.4, -0.2) is 75.5 Å². The van der Waals surface area contributed by atoms with Crippen LogP contribution in [0.4, 0.5) is 0 Å². The van der Waals surface area contributed by atoms with Crippen LogP contribution in [0.3, 0.4) is 0 Å². The number of morpholine rings is 1. The zero-order valence-corrected chi connectivity index (χ0v) is 16.4. The SMILES string of the molecule is Cc1nccn1CCCN1CCC[C@@H](c2[nH]ncc2CN2CCOCC2)C1. The fourth-order valence-corrected chi connectivity index (χ4v) is 4.40. The van der Waals surface area contributed by atoms with Crippen LogP contribution in [-0.2, 0) is 17.8 Å². The number of ether oxygens (including phenoxy) is 1. The summed E-state index contributed by atoms with van der Waals surface area (Å²) in [6, 6.07) is 0. The van der Waals surface area contributed by atoms with E-state index in [-0.39, 0.29) is 0 Å². The first kappa shape index (κ1) is 18.7. The lowest BCUT2D eigenvalue weighted by Gasteiger charge is -2.33. The fourth-order valence-electron chi connectivity index (χ4n) is 4.40. The van der Waals surface area contributed by atoms with Crippen molar-refractivity contribution in [1.82, 2.24) is 29.5 Å². The van der Waals surface area contributed by atoms with E-state index < -0.39 is 0 Å². The Labute approximate surface area is 161 Å². The first-order valence-corrected chi connectivity index (χ1v) is 10.3. The van der Waals surface area contributed by atoms with Crippen LogP contribution in [0.1, 0.15) is 42.3 Å². The van der Waals surface area contributed by atoms with Gasteiger partial charge >= 0.3 is 0 Å². The molecule has 4 rings (SSSR count). The lowest BCUT2D eigenvalue weighted by molar-refractivity contribution is 0.0339. The standard InChI is InChI=1S/C20H32N6O/c1-17-21-5-9-26(17)8-3-7-24-6-2-4-18(15-24)20-19(14-22-23-20)16-25-10-12-27-13-11-25/h5,9,14,18H,2-4,6-8,10-13,15-16H2,1H3,(H,22,23)/t18-/m1/s1. The Bertz CT molecular complexity index is 705. The average Bonchev–Trinajstić information content (AvgIpc) is 3.32. The first-order valence-electron chi connectivity index (χ1n) is 10.3. The van der Waals surface area contributed by atoms with E-state index in [0.717, 1.165) is 58.3 Å². The molecule has 0 amide bonds. The molecule has 1 N–H and O–H groups in total. The van der Waals surface area contributed by atoms with Crippen molar-refractivity contribution < 1.29 is 4.74 Å². The number of aryl methyl sites for hydroxylation is 2. The highest BCUT2D eigenvalue weighted by Crippen LogP contribution is 2.28. The molecule has 0 spiro atoms. The van der Waals surface area contributed by atoms with Crippen molar-refractivity contribution in [3.63, 3.8) is 0 Å². The van der Waals surface area contributed by atoms with E-state index >= 15 is 0 Å². The minimum atomic E-state index is 0.576. The summed E-state index contributed by atoms with van der Waals surface area (Å²) >= 11 is 0. The molecule has 0 bridgehead atoms. The summed E-state index contributed by atoms with van der Waals surface area (Å²) in [4.78, 5) is 9.41. The van der Waals surface area contributed by atoms with Crippen molar-refractivity contribution in [3.05, 3.63) is 35.7 Å². The number of nitrogens with zero attached hydrogens (tertiary/aromatic N) is 5. The number of likely N-dealkylation sites (tertiary alicyclic amines) is 1. The highest BCUT2D eigenvalue weighted by atomic mass is 16.5. The number of aromatic amines is 1. The topological polar surface area (TPSA) is 62.2 Å². The van der Waals surface area contributed by atoms with Crippen molar-refractivity contribution in [3.8, 4) is 0 Å². The predicted molar refractivity (Wildman–Crippen MR) is 105 cm³/mol. The van der Waals surface area contributed by atoms with Crippen molar-refractivity contribution in [2.45, 2.75) is 45.2 Å². The van der Waals surface area contributed by atoms with Gasteiger partial charge in [0.1, 0.15) is 5.82 Å². The molecule has 0 aromatic carbocycles. The minimum Gasteiger partial charge on any atom is -0.379 e. The smallest absolute Gasteiger partial charge is 0.105 e. The predicted octanol–water partition coefficient (Wildman–Crippen LogP) is 2.02. The molecule has 2 aromatic rings. The normalized spacial score (nSPS) is 22.3. The largest absolute Gasteiger partial charge is 0.379 e. The first-order chi connectivity index (χ1) is 13.3. The third-order valence-electron chi connectivity index (χ3n) is 5.96. The molecule has 7 nitrogen and oxygen atoms in total. The molecule has 7 heteroatoms. The third-order valence-corrected chi connectivity index (χ3v) is 5.96. The molecule has 1 atom stereocenters. The summed E-state index contributed by atoms with van der Waals surface area (Å²) in [5.74, 6) is 1.68. The number of rotatable bonds is 7. The third kappa shape index (κ3) is 4.78. The number of H-pyrrole nitrogens is 1. The van der Waals surface area contributed by atoms with Gasteiger partial charge in [0.15, 0.2) is 0 Å². The number of piperidine rings is 1. The lowest BCUT2D eigenvalue weighted by atomic mass is 9.92. The lowest BCUT2D eigenvalue weighted by Crippen LogP contribution is -2.37. The Balaban J connectivity index is 1.30. The van der Waals surface area contributed by atoms with E-state index in [1.54, 1.807) is 0 Å². The van der Waals surface area contributed by atoms with Gasteiger partial charge in [-0.15, -0.1) is 0 Å². The van der Waals surface area contributed by atoms with Crippen molar-refractivity contribution in [2.24, 2.45) is 0 Å². The Morgan fingerprint density at radius 2 is 2.07 bits per heavy atom. The second kappa shape index (κ2) is 8.99. The summed E-state index contributed by atoms with van der Waals surface area (Å²) < 4.78 is 7.72. The van der Waals surface area contributed by atoms with E-state index in [9.17, 15) is 0 Å². The van der Waals surface area contributed by atoms with Gasteiger partial charge in [0.05, 0.1) is 19.4 Å². The van der Waals surface area contributed by atoms with Crippen molar-refractivity contribution >= 4 is 0 Å². The van der Waals surface area contributed by atoms with E-state index in [1.165, 1.54) is 37.1 Å². The van der Waals surface area contributed by atoms with Crippen LogP contribution < -0.4 is 0 Å². The van der Waals surface area contributed by atoms with Crippen LogP contribution in [0, 0.1) is 6.92 Å². The van der Waals surface area contributed by atoms with E-state index in [4.69, 9.17) is 4.74 Å². The molecule has 2 aromatic heterocycles. The molecule has 148 valence electrons.